The fourth-order valence-corrected chi connectivity index (χ4v) is 0.887. The van der Waals surface area contributed by atoms with E-state index in [9.17, 15) is 0 Å². The maximum atomic E-state index is 8.51. The summed E-state index contributed by atoms with van der Waals surface area (Å²) in [5.41, 5.74) is 0. The van der Waals surface area contributed by atoms with Crippen molar-refractivity contribution in [2.75, 3.05) is 13.2 Å². The topological polar surface area (TPSA) is 58.9 Å². The van der Waals surface area contributed by atoms with Crippen molar-refractivity contribution in [3.8, 4) is 11.5 Å². The normalized spacial score (nSPS) is 10.4. The van der Waals surface area contributed by atoms with Crippen molar-refractivity contribution in [1.82, 2.24) is 0 Å². The number of ether oxygens (including phenoxy) is 2. The molecule has 0 aromatic heterocycles. The van der Waals surface area contributed by atoms with Crippen LogP contribution in [-0.2, 0) is 0 Å². The molecule has 0 amide bonds. The van der Waals surface area contributed by atoms with E-state index in [-0.39, 0.29) is 13.2 Å². The van der Waals surface area contributed by atoms with E-state index < -0.39 is 0 Å². The fraction of sp³-hybridized carbons (Fsp3) is 0.200. The molecular weight excluding hydrogens is 184 g/mol. The summed E-state index contributed by atoms with van der Waals surface area (Å²) in [4.78, 5) is 0. The van der Waals surface area contributed by atoms with Crippen molar-refractivity contribution < 1.29 is 19.7 Å². The lowest BCUT2D eigenvalue weighted by Crippen LogP contribution is -2.01. The second-order valence-electron chi connectivity index (χ2n) is 2.45. The molecule has 0 heterocycles. The molecule has 0 aliphatic carbocycles. The van der Waals surface area contributed by atoms with Crippen LogP contribution in [0, 0.1) is 0 Å². The first-order chi connectivity index (χ1) is 6.86. The van der Waals surface area contributed by atoms with Crippen LogP contribution in [0.2, 0.25) is 0 Å². The van der Waals surface area contributed by atoms with Gasteiger partial charge < -0.3 is 19.7 Å². The van der Waals surface area contributed by atoms with Crippen molar-refractivity contribution in [2.45, 2.75) is 0 Å². The van der Waals surface area contributed by atoms with Gasteiger partial charge in [0.2, 0.25) is 0 Å². The van der Waals surface area contributed by atoms with Crippen molar-refractivity contribution in [2.24, 2.45) is 0 Å². The molecule has 1 rings (SSSR count). The molecule has 4 heteroatoms. The Kier molecular flexibility index (Phi) is 4.37. The number of hydrogen-bond acceptors (Lipinski definition) is 4. The van der Waals surface area contributed by atoms with Gasteiger partial charge in [-0.25, -0.2) is 0 Å². The second-order valence-corrected chi connectivity index (χ2v) is 2.45. The summed E-state index contributed by atoms with van der Waals surface area (Å²) in [6.45, 7) is 0.266. The Bertz CT molecular complexity index is 279. The molecule has 14 heavy (non-hydrogen) atoms. The van der Waals surface area contributed by atoms with E-state index in [1.54, 1.807) is 24.3 Å². The Morgan fingerprint density at radius 1 is 1.14 bits per heavy atom. The molecule has 0 saturated carbocycles. The Balaban J connectivity index is 2.50. The highest BCUT2D eigenvalue weighted by atomic mass is 16.5. The van der Waals surface area contributed by atoms with Crippen LogP contribution in [0.5, 0.6) is 11.5 Å². The maximum Gasteiger partial charge on any atom is 0.126 e. The minimum atomic E-state index is -0.00843. The van der Waals surface area contributed by atoms with Gasteiger partial charge in [-0.1, -0.05) is 0 Å². The number of rotatable bonds is 5. The van der Waals surface area contributed by atoms with Gasteiger partial charge in [0.05, 0.1) is 6.61 Å². The van der Waals surface area contributed by atoms with Gasteiger partial charge in [-0.3, -0.25) is 0 Å². The average Bonchev–Trinajstić information content (AvgIpc) is 2.25. The summed E-state index contributed by atoms with van der Waals surface area (Å²) in [6, 6.07) is 6.84. The number of aliphatic hydroxyl groups excluding tert-OH is 2. The lowest BCUT2D eigenvalue weighted by molar-refractivity contribution is 0.201. The van der Waals surface area contributed by atoms with E-state index in [1.807, 2.05) is 0 Å². The van der Waals surface area contributed by atoms with Gasteiger partial charge in [-0.15, -0.1) is 0 Å². The van der Waals surface area contributed by atoms with Crippen LogP contribution in [0.4, 0.5) is 0 Å². The molecule has 4 nitrogen and oxygen atoms in total. The number of aliphatic hydroxyl groups is 2. The summed E-state index contributed by atoms with van der Waals surface area (Å²) in [6.07, 6.45) is 1.99. The molecule has 0 unspecified atom stereocenters. The molecule has 0 bridgehead atoms. The summed E-state index contributed by atoms with van der Waals surface area (Å²) in [5.74, 6) is 1.27. The monoisotopic (exact) mass is 196 g/mol. The minimum Gasteiger partial charge on any atom is -0.512 e. The van der Waals surface area contributed by atoms with E-state index >= 15 is 0 Å². The molecule has 0 aliphatic rings. The highest BCUT2D eigenvalue weighted by Gasteiger charge is 1.94. The summed E-state index contributed by atoms with van der Waals surface area (Å²) >= 11 is 0. The fourth-order valence-electron chi connectivity index (χ4n) is 0.887. The van der Waals surface area contributed by atoms with Crippen molar-refractivity contribution in [3.63, 3.8) is 0 Å². The molecule has 0 fully saturated rings. The van der Waals surface area contributed by atoms with Crippen LogP contribution < -0.4 is 9.47 Å². The predicted molar refractivity (Wildman–Crippen MR) is 51.4 cm³/mol. The third-order valence-corrected chi connectivity index (χ3v) is 1.45. The van der Waals surface area contributed by atoms with Crippen LogP contribution in [0.1, 0.15) is 0 Å². The maximum absolute atomic E-state index is 8.51. The lowest BCUT2D eigenvalue weighted by Gasteiger charge is -2.04. The van der Waals surface area contributed by atoms with E-state index in [1.165, 1.54) is 6.26 Å². The molecule has 1 aromatic carbocycles. The lowest BCUT2D eigenvalue weighted by atomic mass is 10.3. The molecule has 0 aliphatic heterocycles. The Morgan fingerprint density at radius 3 is 2.36 bits per heavy atom. The molecule has 1 aromatic rings. The molecule has 0 atom stereocenters. The SMILES string of the molecule is O/C=C/Oc1ccc(OCCO)cc1. The number of benzene rings is 1. The Labute approximate surface area is 82.0 Å². The first-order valence-corrected chi connectivity index (χ1v) is 4.16. The zero-order chi connectivity index (χ0) is 10.2. The molecule has 76 valence electrons. The van der Waals surface area contributed by atoms with E-state index in [4.69, 9.17) is 19.7 Å². The summed E-state index contributed by atoms with van der Waals surface area (Å²) < 4.78 is 10.1. The predicted octanol–water partition coefficient (Wildman–Crippen LogP) is 1.47. The first kappa shape index (κ1) is 10.4. The molecule has 2 N–H and O–H groups in total. The van der Waals surface area contributed by atoms with Gasteiger partial charge in [0.15, 0.2) is 0 Å². The third-order valence-electron chi connectivity index (χ3n) is 1.45. The third kappa shape index (κ3) is 3.37. The van der Waals surface area contributed by atoms with E-state index in [2.05, 4.69) is 0 Å². The van der Waals surface area contributed by atoms with Gasteiger partial charge in [-0.05, 0) is 24.3 Å². The highest BCUT2D eigenvalue weighted by molar-refractivity contribution is 5.31. The zero-order valence-corrected chi connectivity index (χ0v) is 7.59. The summed E-state index contributed by atoms with van der Waals surface area (Å²) in [5, 5.41) is 16.9. The van der Waals surface area contributed by atoms with Crippen LogP contribution in [0.25, 0.3) is 0 Å². The quantitative estimate of drug-likeness (QED) is 0.700. The number of hydrogen-bond donors (Lipinski definition) is 2. The molecule has 0 saturated heterocycles. The smallest absolute Gasteiger partial charge is 0.126 e. The van der Waals surface area contributed by atoms with Gasteiger partial charge in [0.25, 0.3) is 0 Å². The van der Waals surface area contributed by atoms with E-state index in [0.717, 1.165) is 6.26 Å². The van der Waals surface area contributed by atoms with Crippen molar-refractivity contribution >= 4 is 0 Å². The molecule has 0 radical (unpaired) electrons. The van der Waals surface area contributed by atoms with Crippen LogP contribution in [0.15, 0.2) is 36.8 Å². The van der Waals surface area contributed by atoms with Gasteiger partial charge in [0, 0.05) is 0 Å². The average molecular weight is 196 g/mol. The van der Waals surface area contributed by atoms with Crippen LogP contribution >= 0.6 is 0 Å². The first-order valence-electron chi connectivity index (χ1n) is 4.16. The largest absolute Gasteiger partial charge is 0.512 e. The van der Waals surface area contributed by atoms with Crippen LogP contribution in [0.3, 0.4) is 0 Å². The molecular formula is C10H12O4. The van der Waals surface area contributed by atoms with Crippen molar-refractivity contribution in [1.29, 1.82) is 0 Å². The van der Waals surface area contributed by atoms with Gasteiger partial charge in [0.1, 0.15) is 30.6 Å². The van der Waals surface area contributed by atoms with Gasteiger partial charge >= 0.3 is 0 Å². The molecule has 0 spiro atoms. The van der Waals surface area contributed by atoms with Crippen molar-refractivity contribution in [3.05, 3.63) is 36.8 Å². The van der Waals surface area contributed by atoms with E-state index in [0.29, 0.717) is 11.5 Å². The zero-order valence-electron chi connectivity index (χ0n) is 7.59. The van der Waals surface area contributed by atoms with Crippen LogP contribution in [-0.4, -0.2) is 23.4 Å². The minimum absolute atomic E-state index is 0.00843. The highest BCUT2D eigenvalue weighted by Crippen LogP contribution is 2.17. The Morgan fingerprint density at radius 2 is 1.79 bits per heavy atom. The standard InChI is InChI=1S/C10H12O4/c11-5-7-13-9-1-2-10(4-3-9)14-8-6-12/h1-5,7,11-12H,6,8H2/b7-5+. The summed E-state index contributed by atoms with van der Waals surface area (Å²) in [7, 11) is 0. The Hall–Kier alpha value is -1.68. The second kappa shape index (κ2) is 5.88. The van der Waals surface area contributed by atoms with Gasteiger partial charge in [-0.2, -0.15) is 0 Å².